The molecule has 0 fully saturated rings. The second-order valence-corrected chi connectivity index (χ2v) is 5.34. The average molecular weight is 277 g/mol. The lowest BCUT2D eigenvalue weighted by Crippen LogP contribution is -2.30. The van der Waals surface area contributed by atoms with E-state index < -0.39 is 11.1 Å². The van der Waals surface area contributed by atoms with E-state index in [1.165, 1.54) is 0 Å². The molecule has 6 heteroatoms. The molecule has 1 aromatic carbocycles. The summed E-state index contributed by atoms with van der Waals surface area (Å²) in [5, 5.41) is 12.6. The highest BCUT2D eigenvalue weighted by molar-refractivity contribution is 5.78. The lowest BCUT2D eigenvalue weighted by molar-refractivity contribution is 0.149. The monoisotopic (exact) mass is 277 g/mol. The van der Waals surface area contributed by atoms with Crippen LogP contribution in [-0.4, -0.2) is 28.2 Å². The number of aromatic nitrogens is 2. The van der Waals surface area contributed by atoms with E-state index in [0.29, 0.717) is 17.6 Å². The second-order valence-electron chi connectivity index (χ2n) is 5.34. The van der Waals surface area contributed by atoms with Crippen LogP contribution >= 0.6 is 0 Å². The number of hydrogen-bond donors (Lipinski definition) is 4. The molecule has 1 atom stereocenters. The van der Waals surface area contributed by atoms with Crippen LogP contribution in [-0.2, 0) is 0 Å². The van der Waals surface area contributed by atoms with Crippen molar-refractivity contribution >= 4 is 16.7 Å². The first kappa shape index (κ1) is 14.3. The van der Waals surface area contributed by atoms with E-state index in [4.69, 9.17) is 0 Å². The molecule has 2 rings (SSSR count). The van der Waals surface area contributed by atoms with Crippen molar-refractivity contribution in [1.82, 2.24) is 9.97 Å². The maximum absolute atomic E-state index is 11.3. The molecule has 4 N–H and O–H groups in total. The Labute approximate surface area is 115 Å². The maximum Gasteiger partial charge on any atom is 0.314 e. The van der Waals surface area contributed by atoms with Crippen molar-refractivity contribution in [2.45, 2.75) is 20.3 Å². The molecule has 1 aromatic heterocycles. The van der Waals surface area contributed by atoms with Gasteiger partial charge in [-0.15, -0.1) is 0 Å². The molecule has 0 saturated heterocycles. The van der Waals surface area contributed by atoms with Gasteiger partial charge in [0.2, 0.25) is 0 Å². The molecule has 20 heavy (non-hydrogen) atoms. The molecule has 0 saturated carbocycles. The van der Waals surface area contributed by atoms with Gasteiger partial charge in [-0.2, -0.15) is 0 Å². The Morgan fingerprint density at radius 1 is 1.20 bits per heavy atom. The Kier molecular flexibility index (Phi) is 3.94. The average Bonchev–Trinajstić information content (AvgIpc) is 2.46. The van der Waals surface area contributed by atoms with Gasteiger partial charge in [0, 0.05) is 17.6 Å². The number of aliphatic hydroxyl groups excluding tert-OH is 1. The third-order valence-electron chi connectivity index (χ3n) is 3.68. The van der Waals surface area contributed by atoms with Crippen LogP contribution < -0.4 is 16.4 Å². The van der Waals surface area contributed by atoms with Crippen LogP contribution in [0, 0.1) is 5.41 Å². The van der Waals surface area contributed by atoms with Crippen LogP contribution in [0.4, 0.5) is 5.69 Å². The third-order valence-corrected chi connectivity index (χ3v) is 3.68. The van der Waals surface area contributed by atoms with Gasteiger partial charge in [0.15, 0.2) is 0 Å². The maximum atomic E-state index is 11.3. The van der Waals surface area contributed by atoms with Crippen LogP contribution in [0.3, 0.4) is 0 Å². The Morgan fingerprint density at radius 3 is 2.45 bits per heavy atom. The van der Waals surface area contributed by atoms with Gasteiger partial charge in [-0.25, -0.2) is 0 Å². The molecular formula is C14H19N3O3. The molecule has 6 nitrogen and oxygen atoms in total. The highest BCUT2D eigenvalue weighted by Crippen LogP contribution is 2.22. The zero-order valence-corrected chi connectivity index (χ0v) is 11.6. The third kappa shape index (κ3) is 2.91. The van der Waals surface area contributed by atoms with E-state index in [9.17, 15) is 14.7 Å². The number of aliphatic hydroxyl groups is 1. The van der Waals surface area contributed by atoms with Gasteiger partial charge in [0.1, 0.15) is 0 Å². The van der Waals surface area contributed by atoms with Gasteiger partial charge >= 0.3 is 11.1 Å². The minimum Gasteiger partial charge on any atom is -0.396 e. The van der Waals surface area contributed by atoms with E-state index in [1.807, 2.05) is 19.9 Å². The number of anilines is 1. The zero-order valence-electron chi connectivity index (χ0n) is 11.6. The summed E-state index contributed by atoms with van der Waals surface area (Å²) in [4.78, 5) is 27.6. The number of H-pyrrole nitrogens is 2. The minimum atomic E-state index is -0.664. The van der Waals surface area contributed by atoms with E-state index in [-0.39, 0.29) is 12.0 Å². The lowest BCUT2D eigenvalue weighted by Gasteiger charge is -2.26. The summed E-state index contributed by atoms with van der Waals surface area (Å²) in [5.74, 6) is 0. The van der Waals surface area contributed by atoms with Gasteiger partial charge in [-0.1, -0.05) is 13.8 Å². The van der Waals surface area contributed by atoms with Crippen molar-refractivity contribution in [3.63, 3.8) is 0 Å². The minimum absolute atomic E-state index is 0.105. The number of aromatic amines is 2. The first-order valence-corrected chi connectivity index (χ1v) is 6.58. The molecule has 0 aliphatic carbocycles. The van der Waals surface area contributed by atoms with Gasteiger partial charge < -0.3 is 20.4 Å². The van der Waals surface area contributed by atoms with Gasteiger partial charge in [-0.05, 0) is 24.6 Å². The van der Waals surface area contributed by atoms with Gasteiger partial charge in [-0.3, -0.25) is 9.59 Å². The molecule has 0 radical (unpaired) electrons. The van der Waals surface area contributed by atoms with Gasteiger partial charge in [0.05, 0.1) is 17.6 Å². The number of fused-ring (bicyclic) bond motifs is 1. The molecule has 2 aromatic rings. The number of hydrogen-bond acceptors (Lipinski definition) is 4. The second kappa shape index (κ2) is 5.50. The zero-order chi connectivity index (χ0) is 14.8. The number of nitrogens with one attached hydrogen (secondary N) is 3. The summed E-state index contributed by atoms with van der Waals surface area (Å²) in [6.07, 6.45) is 0.855. The highest BCUT2D eigenvalue weighted by Gasteiger charge is 2.20. The standard InChI is InChI=1S/C14H19N3O3/c1-3-14(2,8-18)7-15-9-4-5-10-11(6-9)17-13(20)12(19)16-10/h4-6,15,18H,3,7-8H2,1-2H3,(H,16,19)(H,17,20). The van der Waals surface area contributed by atoms with Crippen molar-refractivity contribution in [2.24, 2.45) is 5.41 Å². The van der Waals surface area contributed by atoms with Gasteiger partial charge in [0.25, 0.3) is 0 Å². The summed E-state index contributed by atoms with van der Waals surface area (Å²) in [6, 6.07) is 5.32. The van der Waals surface area contributed by atoms with Crippen molar-refractivity contribution in [3.8, 4) is 0 Å². The van der Waals surface area contributed by atoms with Crippen LogP contribution in [0.25, 0.3) is 11.0 Å². The fraction of sp³-hybridized carbons (Fsp3) is 0.429. The molecular weight excluding hydrogens is 258 g/mol. The van der Waals surface area contributed by atoms with Crippen molar-refractivity contribution in [3.05, 3.63) is 38.9 Å². The predicted octanol–water partition coefficient (Wildman–Crippen LogP) is 1.04. The Morgan fingerprint density at radius 2 is 1.85 bits per heavy atom. The molecule has 0 amide bonds. The molecule has 0 spiro atoms. The normalized spacial score (nSPS) is 14.2. The van der Waals surface area contributed by atoms with Crippen LogP contribution in [0.2, 0.25) is 0 Å². The molecule has 0 bridgehead atoms. The fourth-order valence-electron chi connectivity index (χ4n) is 1.83. The van der Waals surface area contributed by atoms with Crippen LogP contribution in [0.1, 0.15) is 20.3 Å². The fourth-order valence-corrected chi connectivity index (χ4v) is 1.83. The summed E-state index contributed by atoms with van der Waals surface area (Å²) in [6.45, 7) is 4.76. The van der Waals surface area contributed by atoms with Crippen molar-refractivity contribution in [1.29, 1.82) is 0 Å². The van der Waals surface area contributed by atoms with Crippen molar-refractivity contribution < 1.29 is 5.11 Å². The first-order valence-electron chi connectivity index (χ1n) is 6.58. The molecule has 0 aliphatic heterocycles. The predicted molar refractivity (Wildman–Crippen MR) is 79.2 cm³/mol. The van der Waals surface area contributed by atoms with Crippen LogP contribution in [0.5, 0.6) is 0 Å². The van der Waals surface area contributed by atoms with E-state index in [0.717, 1.165) is 12.1 Å². The molecule has 108 valence electrons. The SMILES string of the molecule is CCC(C)(CO)CNc1ccc2[nH]c(=O)c(=O)[nH]c2c1. The molecule has 0 aliphatic rings. The summed E-state index contributed by atoms with van der Waals surface area (Å²) in [7, 11) is 0. The van der Waals surface area contributed by atoms with E-state index in [2.05, 4.69) is 15.3 Å². The van der Waals surface area contributed by atoms with Crippen molar-refractivity contribution in [2.75, 3.05) is 18.5 Å². The Hall–Kier alpha value is -2.08. The molecule has 1 heterocycles. The smallest absolute Gasteiger partial charge is 0.314 e. The summed E-state index contributed by atoms with van der Waals surface area (Å²) >= 11 is 0. The quantitative estimate of drug-likeness (QED) is 0.614. The van der Waals surface area contributed by atoms with E-state index in [1.54, 1.807) is 12.1 Å². The van der Waals surface area contributed by atoms with E-state index >= 15 is 0 Å². The largest absolute Gasteiger partial charge is 0.396 e. The first-order chi connectivity index (χ1) is 9.47. The molecule has 1 unspecified atom stereocenters. The lowest BCUT2D eigenvalue weighted by atomic mass is 9.88. The Balaban J connectivity index is 2.26. The van der Waals surface area contributed by atoms with Crippen LogP contribution in [0.15, 0.2) is 27.8 Å². The summed E-state index contributed by atoms with van der Waals surface area (Å²) in [5.41, 5.74) is 0.476. The topological polar surface area (TPSA) is 98.0 Å². The highest BCUT2D eigenvalue weighted by atomic mass is 16.3. The number of rotatable bonds is 5. The Bertz CT molecular complexity index is 713. The summed E-state index contributed by atoms with van der Waals surface area (Å²) < 4.78 is 0. The number of benzene rings is 1.